The van der Waals surface area contributed by atoms with Crippen LogP contribution in [0.2, 0.25) is 0 Å². The molecule has 2 aromatic rings. The zero-order valence-corrected chi connectivity index (χ0v) is 14.5. The number of carbonyl (C=O) groups excluding carboxylic acids is 2. The largest absolute Gasteiger partial charge is 0.486 e. The van der Waals surface area contributed by atoms with E-state index in [4.69, 9.17) is 9.47 Å². The number of aromatic nitrogens is 2. The summed E-state index contributed by atoms with van der Waals surface area (Å²) in [7, 11) is 1.60. The fourth-order valence-corrected chi connectivity index (χ4v) is 3.42. The topological polar surface area (TPSA) is 85.7 Å². The number of amides is 2. The van der Waals surface area contributed by atoms with Crippen molar-refractivity contribution in [3.05, 3.63) is 41.7 Å². The van der Waals surface area contributed by atoms with Crippen LogP contribution in [-0.2, 0) is 11.3 Å². The molecule has 2 aliphatic heterocycles. The van der Waals surface area contributed by atoms with Gasteiger partial charge in [0.05, 0.1) is 30.3 Å². The van der Waals surface area contributed by atoms with E-state index < -0.39 is 0 Å². The summed E-state index contributed by atoms with van der Waals surface area (Å²) in [5.41, 5.74) is 1.38. The highest BCUT2D eigenvalue weighted by Gasteiger charge is 2.32. The third-order valence-corrected chi connectivity index (χ3v) is 4.67. The van der Waals surface area contributed by atoms with Crippen LogP contribution in [0.5, 0.6) is 11.5 Å². The van der Waals surface area contributed by atoms with Gasteiger partial charge in [0.15, 0.2) is 11.5 Å². The molecule has 4 rings (SSSR count). The molecule has 1 N–H and O–H groups in total. The van der Waals surface area contributed by atoms with Crippen molar-refractivity contribution in [3.63, 3.8) is 0 Å². The molecular formula is C18H20N4O4. The Hall–Kier alpha value is -3.03. The van der Waals surface area contributed by atoms with Crippen molar-refractivity contribution in [1.29, 1.82) is 0 Å². The molecule has 0 unspecified atom stereocenters. The molecule has 1 aromatic carbocycles. The minimum atomic E-state index is -0.200. The van der Waals surface area contributed by atoms with E-state index in [1.807, 2.05) is 10.7 Å². The monoisotopic (exact) mass is 356 g/mol. The van der Waals surface area contributed by atoms with Crippen LogP contribution < -0.4 is 14.8 Å². The lowest BCUT2D eigenvalue weighted by atomic mass is 10.1. The summed E-state index contributed by atoms with van der Waals surface area (Å²) in [6.07, 6.45) is 1.96. The van der Waals surface area contributed by atoms with Gasteiger partial charge < -0.3 is 19.7 Å². The highest BCUT2D eigenvalue weighted by atomic mass is 16.6. The average Bonchev–Trinajstić information content (AvgIpc) is 3.15. The molecule has 26 heavy (non-hydrogen) atoms. The molecule has 1 aromatic heterocycles. The predicted octanol–water partition coefficient (Wildman–Crippen LogP) is 0.987. The molecule has 0 aliphatic carbocycles. The zero-order valence-electron chi connectivity index (χ0n) is 14.5. The number of para-hydroxylation sites is 1. The molecule has 8 heteroatoms. The normalized spacial score (nSPS) is 18.2. The fourth-order valence-electron chi connectivity index (χ4n) is 3.42. The molecule has 2 aliphatic rings. The molecule has 0 spiro atoms. The molecule has 1 atom stereocenters. The summed E-state index contributed by atoms with van der Waals surface area (Å²) in [4.78, 5) is 26.8. The van der Waals surface area contributed by atoms with Crippen molar-refractivity contribution in [2.24, 2.45) is 0 Å². The van der Waals surface area contributed by atoms with Gasteiger partial charge in [-0.3, -0.25) is 14.3 Å². The minimum absolute atomic E-state index is 0.0837. The lowest BCUT2D eigenvalue weighted by Gasteiger charge is -2.34. The van der Waals surface area contributed by atoms with Gasteiger partial charge in [-0.2, -0.15) is 5.10 Å². The summed E-state index contributed by atoms with van der Waals surface area (Å²) in [6, 6.07) is 7.00. The van der Waals surface area contributed by atoms with Gasteiger partial charge in [-0.05, 0) is 18.2 Å². The van der Waals surface area contributed by atoms with Crippen LogP contribution in [0.25, 0.3) is 0 Å². The quantitative estimate of drug-likeness (QED) is 0.886. The Bertz CT molecular complexity index is 847. The summed E-state index contributed by atoms with van der Waals surface area (Å²) in [5.74, 6) is 0.859. The Morgan fingerprint density at radius 3 is 2.96 bits per heavy atom. The fraction of sp³-hybridized carbons (Fsp3) is 0.389. The van der Waals surface area contributed by atoms with Crippen LogP contribution in [0.15, 0.2) is 30.5 Å². The summed E-state index contributed by atoms with van der Waals surface area (Å²) in [5, 5.41) is 6.95. The van der Waals surface area contributed by atoms with Gasteiger partial charge in [0.1, 0.15) is 13.2 Å². The van der Waals surface area contributed by atoms with Gasteiger partial charge in [0.25, 0.3) is 5.91 Å². The minimum Gasteiger partial charge on any atom is -0.486 e. The number of rotatable bonds is 3. The van der Waals surface area contributed by atoms with Gasteiger partial charge in [-0.25, -0.2) is 0 Å². The third kappa shape index (κ3) is 2.87. The van der Waals surface area contributed by atoms with Crippen molar-refractivity contribution >= 4 is 11.8 Å². The Balaban J connectivity index is 1.62. The second kappa shape index (κ2) is 6.70. The molecule has 8 nitrogen and oxygen atoms in total. The average molecular weight is 356 g/mol. The first-order valence-corrected chi connectivity index (χ1v) is 8.58. The van der Waals surface area contributed by atoms with E-state index in [1.165, 1.54) is 0 Å². The van der Waals surface area contributed by atoms with Crippen LogP contribution >= 0.6 is 0 Å². The summed E-state index contributed by atoms with van der Waals surface area (Å²) >= 11 is 0. The van der Waals surface area contributed by atoms with Gasteiger partial charge in [0.2, 0.25) is 5.91 Å². The first-order valence-electron chi connectivity index (χ1n) is 8.58. The van der Waals surface area contributed by atoms with Crippen molar-refractivity contribution in [1.82, 2.24) is 20.0 Å². The van der Waals surface area contributed by atoms with Gasteiger partial charge >= 0.3 is 0 Å². The Morgan fingerprint density at radius 2 is 2.12 bits per heavy atom. The molecular weight excluding hydrogens is 336 g/mol. The number of benzene rings is 1. The number of ether oxygens (including phenoxy) is 2. The predicted molar refractivity (Wildman–Crippen MR) is 92.1 cm³/mol. The van der Waals surface area contributed by atoms with Crippen LogP contribution in [-0.4, -0.2) is 53.3 Å². The van der Waals surface area contributed by atoms with Crippen molar-refractivity contribution < 1.29 is 19.1 Å². The smallest absolute Gasteiger partial charge is 0.258 e. The van der Waals surface area contributed by atoms with Gasteiger partial charge in [-0.1, -0.05) is 6.07 Å². The Morgan fingerprint density at radius 1 is 1.27 bits per heavy atom. The van der Waals surface area contributed by atoms with Crippen molar-refractivity contribution in [2.75, 3.05) is 26.8 Å². The highest BCUT2D eigenvalue weighted by Crippen LogP contribution is 2.35. The zero-order chi connectivity index (χ0) is 18.1. The lowest BCUT2D eigenvalue weighted by Crippen LogP contribution is -2.43. The number of fused-ring (bicyclic) bond motifs is 2. The SMILES string of the molecule is CNC(=O)C[C@H]1CN(C(=O)c2cccc3c2OCCO3)Cc2ccnn21. The highest BCUT2D eigenvalue weighted by molar-refractivity contribution is 5.98. The van der Waals surface area contributed by atoms with Crippen LogP contribution in [0.4, 0.5) is 0 Å². The number of nitrogens with zero attached hydrogens (tertiary/aromatic N) is 3. The second-order valence-corrected chi connectivity index (χ2v) is 6.31. The first kappa shape index (κ1) is 16.4. The first-order chi connectivity index (χ1) is 12.7. The molecule has 136 valence electrons. The van der Waals surface area contributed by atoms with E-state index in [2.05, 4.69) is 10.4 Å². The van der Waals surface area contributed by atoms with Gasteiger partial charge in [0, 0.05) is 19.8 Å². The Labute approximate surface area is 150 Å². The molecule has 0 fully saturated rings. The molecule has 0 radical (unpaired) electrons. The number of hydrogen-bond acceptors (Lipinski definition) is 5. The molecule has 2 amide bonds. The van der Waals surface area contributed by atoms with Crippen molar-refractivity contribution in [3.8, 4) is 11.5 Å². The van der Waals surface area contributed by atoms with E-state index in [-0.39, 0.29) is 24.3 Å². The van der Waals surface area contributed by atoms with Gasteiger partial charge in [-0.15, -0.1) is 0 Å². The maximum absolute atomic E-state index is 13.2. The van der Waals surface area contributed by atoms with Crippen LogP contribution in [0.1, 0.15) is 28.5 Å². The summed E-state index contributed by atoms with van der Waals surface area (Å²) < 4.78 is 13.1. The standard InChI is InChI=1S/C18H20N4O4/c1-19-16(23)9-13-11-21(10-12-5-6-20-22(12)13)18(24)14-3-2-4-15-17(14)26-8-7-25-15/h2-6,13H,7-11H2,1H3,(H,19,23)/t13-/m0/s1. The van der Waals surface area contributed by atoms with E-state index in [9.17, 15) is 9.59 Å². The van der Waals surface area contributed by atoms with E-state index in [0.717, 1.165) is 5.69 Å². The summed E-state index contributed by atoms with van der Waals surface area (Å²) in [6.45, 7) is 1.74. The lowest BCUT2D eigenvalue weighted by molar-refractivity contribution is -0.121. The van der Waals surface area contributed by atoms with E-state index in [1.54, 1.807) is 36.3 Å². The number of nitrogens with one attached hydrogen (secondary N) is 1. The second-order valence-electron chi connectivity index (χ2n) is 6.31. The third-order valence-electron chi connectivity index (χ3n) is 4.67. The molecule has 0 saturated carbocycles. The maximum atomic E-state index is 13.2. The van der Waals surface area contributed by atoms with Crippen molar-refractivity contribution in [2.45, 2.75) is 19.0 Å². The number of carbonyl (C=O) groups is 2. The van der Waals surface area contributed by atoms with E-state index >= 15 is 0 Å². The number of hydrogen-bond donors (Lipinski definition) is 1. The maximum Gasteiger partial charge on any atom is 0.258 e. The Kier molecular flexibility index (Phi) is 4.24. The molecule has 0 bridgehead atoms. The van der Waals surface area contributed by atoms with Crippen LogP contribution in [0.3, 0.4) is 0 Å². The molecule has 3 heterocycles. The van der Waals surface area contributed by atoms with E-state index in [0.29, 0.717) is 43.4 Å². The van der Waals surface area contributed by atoms with Crippen LogP contribution in [0, 0.1) is 0 Å². The molecule has 0 saturated heterocycles.